The minimum absolute atomic E-state index is 0.638. The van der Waals surface area contributed by atoms with E-state index in [4.69, 9.17) is 19.9 Å². The minimum Gasteiger partial charge on any atom is -0.248 e. The van der Waals surface area contributed by atoms with Crippen molar-refractivity contribution in [1.29, 1.82) is 0 Å². The van der Waals surface area contributed by atoms with Crippen LogP contribution >= 0.6 is 11.3 Å². The standard InChI is InChI=1S/C42H26N4S/c1-3-13-28(14-4-1)40-44-41(29-15-5-2-6-16-29)46-42(45-40)31-18-11-17-30(24-31)32-25-34(36-23-22-27-12-7-9-20-35(27)43-36)39-33-19-8-10-21-37(33)47-38(39)26-32/h1-26H. The lowest BCUT2D eigenvalue weighted by Gasteiger charge is -2.12. The molecule has 3 heterocycles. The fourth-order valence-electron chi connectivity index (χ4n) is 6.21. The molecule has 4 nitrogen and oxygen atoms in total. The summed E-state index contributed by atoms with van der Waals surface area (Å²) in [7, 11) is 0. The molecule has 5 heteroatoms. The second-order valence-electron chi connectivity index (χ2n) is 11.5. The summed E-state index contributed by atoms with van der Waals surface area (Å²) < 4.78 is 2.50. The van der Waals surface area contributed by atoms with Crippen molar-refractivity contribution in [2.24, 2.45) is 0 Å². The Kier molecular flexibility index (Phi) is 6.61. The topological polar surface area (TPSA) is 51.6 Å². The summed E-state index contributed by atoms with van der Waals surface area (Å²) >= 11 is 1.82. The van der Waals surface area contributed by atoms with Gasteiger partial charge < -0.3 is 0 Å². The summed E-state index contributed by atoms with van der Waals surface area (Å²) in [6.07, 6.45) is 0. The van der Waals surface area contributed by atoms with Crippen molar-refractivity contribution in [3.8, 4) is 56.5 Å². The molecule has 0 unspecified atom stereocenters. The fraction of sp³-hybridized carbons (Fsp3) is 0. The number of aromatic nitrogens is 4. The lowest BCUT2D eigenvalue weighted by Crippen LogP contribution is -2.00. The van der Waals surface area contributed by atoms with Crippen molar-refractivity contribution >= 4 is 42.4 Å². The van der Waals surface area contributed by atoms with Gasteiger partial charge in [0.1, 0.15) is 0 Å². The van der Waals surface area contributed by atoms with Gasteiger partial charge in [0.15, 0.2) is 17.5 Å². The Morgan fingerprint density at radius 2 is 1.00 bits per heavy atom. The van der Waals surface area contributed by atoms with E-state index in [1.807, 2.05) is 78.1 Å². The van der Waals surface area contributed by atoms with E-state index in [0.29, 0.717) is 17.5 Å². The average molecular weight is 619 g/mol. The van der Waals surface area contributed by atoms with Crippen LogP contribution in [0.1, 0.15) is 0 Å². The lowest BCUT2D eigenvalue weighted by molar-refractivity contribution is 1.07. The van der Waals surface area contributed by atoms with Gasteiger partial charge in [0, 0.05) is 47.8 Å². The molecule has 0 aliphatic heterocycles. The highest BCUT2D eigenvalue weighted by Gasteiger charge is 2.17. The molecule has 0 radical (unpaired) electrons. The van der Waals surface area contributed by atoms with E-state index in [-0.39, 0.29) is 0 Å². The van der Waals surface area contributed by atoms with Gasteiger partial charge in [0.2, 0.25) is 0 Å². The summed E-state index contributed by atoms with van der Waals surface area (Å²) in [4.78, 5) is 20.0. The Labute approximate surface area is 275 Å². The summed E-state index contributed by atoms with van der Waals surface area (Å²) in [6, 6.07) is 54.5. The maximum Gasteiger partial charge on any atom is 0.164 e. The van der Waals surface area contributed by atoms with Crippen LogP contribution in [0.2, 0.25) is 0 Å². The second-order valence-corrected chi connectivity index (χ2v) is 12.6. The molecule has 9 rings (SSSR count). The van der Waals surface area contributed by atoms with E-state index in [9.17, 15) is 0 Å². The van der Waals surface area contributed by atoms with Gasteiger partial charge in [-0.05, 0) is 47.5 Å². The molecule has 0 saturated carbocycles. The van der Waals surface area contributed by atoms with Gasteiger partial charge in [0.25, 0.3) is 0 Å². The highest BCUT2D eigenvalue weighted by atomic mass is 32.1. The molecular weight excluding hydrogens is 593 g/mol. The van der Waals surface area contributed by atoms with Crippen molar-refractivity contribution in [3.05, 3.63) is 158 Å². The molecule has 9 aromatic rings. The maximum absolute atomic E-state index is 5.14. The predicted octanol–water partition coefficient (Wildman–Crippen LogP) is 11.1. The predicted molar refractivity (Wildman–Crippen MR) is 195 cm³/mol. The van der Waals surface area contributed by atoms with Crippen molar-refractivity contribution in [2.75, 3.05) is 0 Å². The third kappa shape index (κ3) is 5.03. The first-order valence-electron chi connectivity index (χ1n) is 15.6. The minimum atomic E-state index is 0.638. The van der Waals surface area contributed by atoms with Gasteiger partial charge in [-0.25, -0.2) is 19.9 Å². The van der Waals surface area contributed by atoms with E-state index in [1.54, 1.807) is 0 Å². The molecule has 0 N–H and O–H groups in total. The molecule has 0 aliphatic carbocycles. The second kappa shape index (κ2) is 11.4. The van der Waals surface area contributed by atoms with Gasteiger partial charge in [0.05, 0.1) is 11.2 Å². The monoisotopic (exact) mass is 618 g/mol. The molecular formula is C42H26N4S. The Bertz CT molecular complexity index is 2520. The van der Waals surface area contributed by atoms with Crippen molar-refractivity contribution in [1.82, 2.24) is 19.9 Å². The van der Waals surface area contributed by atoms with Crippen LogP contribution in [0.4, 0.5) is 0 Å². The smallest absolute Gasteiger partial charge is 0.164 e. The summed E-state index contributed by atoms with van der Waals surface area (Å²) in [5.41, 5.74) is 8.13. The van der Waals surface area contributed by atoms with Crippen LogP contribution in [0.3, 0.4) is 0 Å². The highest BCUT2D eigenvalue weighted by molar-refractivity contribution is 7.26. The van der Waals surface area contributed by atoms with Gasteiger partial charge in [-0.2, -0.15) is 0 Å². The van der Waals surface area contributed by atoms with Crippen LogP contribution in [0.15, 0.2) is 158 Å². The summed E-state index contributed by atoms with van der Waals surface area (Å²) in [5, 5.41) is 3.63. The zero-order valence-corrected chi connectivity index (χ0v) is 26.0. The molecule has 0 saturated heterocycles. The van der Waals surface area contributed by atoms with Crippen molar-refractivity contribution in [2.45, 2.75) is 0 Å². The Balaban J connectivity index is 1.23. The average Bonchev–Trinajstić information content (AvgIpc) is 3.53. The maximum atomic E-state index is 5.14. The van der Waals surface area contributed by atoms with E-state index >= 15 is 0 Å². The lowest BCUT2D eigenvalue weighted by atomic mass is 9.95. The molecule has 0 amide bonds. The van der Waals surface area contributed by atoms with Crippen LogP contribution in [0.25, 0.3) is 87.6 Å². The Hall–Kier alpha value is -6.04. The number of para-hydroxylation sites is 1. The van der Waals surface area contributed by atoms with Gasteiger partial charge in [-0.3, -0.25) is 0 Å². The molecule has 0 atom stereocenters. The first-order chi connectivity index (χ1) is 23.3. The van der Waals surface area contributed by atoms with Gasteiger partial charge in [-0.1, -0.05) is 121 Å². The molecule has 220 valence electrons. The molecule has 0 aliphatic rings. The molecule has 47 heavy (non-hydrogen) atoms. The Morgan fingerprint density at radius 1 is 0.383 bits per heavy atom. The SMILES string of the molecule is c1ccc(-c2nc(-c3ccccc3)nc(-c3cccc(-c4cc(-c5ccc6ccccc6n5)c5c(c4)sc4ccccc45)c3)n2)cc1. The van der Waals surface area contributed by atoms with Gasteiger partial charge >= 0.3 is 0 Å². The quantitative estimate of drug-likeness (QED) is 0.193. The number of hydrogen-bond donors (Lipinski definition) is 0. The molecule has 3 aromatic heterocycles. The molecule has 6 aromatic carbocycles. The zero-order chi connectivity index (χ0) is 31.2. The normalized spacial score (nSPS) is 11.4. The first-order valence-corrected chi connectivity index (χ1v) is 16.4. The van der Waals surface area contributed by atoms with Crippen molar-refractivity contribution in [3.63, 3.8) is 0 Å². The molecule has 0 fully saturated rings. The van der Waals surface area contributed by atoms with Crippen LogP contribution in [-0.4, -0.2) is 19.9 Å². The summed E-state index contributed by atoms with van der Waals surface area (Å²) in [6.45, 7) is 0. The van der Waals surface area contributed by atoms with Crippen LogP contribution < -0.4 is 0 Å². The molecule has 0 bridgehead atoms. The number of nitrogens with zero attached hydrogens (tertiary/aromatic N) is 4. The number of hydrogen-bond acceptors (Lipinski definition) is 5. The molecule has 0 spiro atoms. The van der Waals surface area contributed by atoms with Crippen LogP contribution in [0, 0.1) is 0 Å². The number of benzene rings is 6. The zero-order valence-electron chi connectivity index (χ0n) is 25.2. The number of fused-ring (bicyclic) bond motifs is 4. The van der Waals surface area contributed by atoms with Gasteiger partial charge in [-0.15, -0.1) is 11.3 Å². The van der Waals surface area contributed by atoms with Crippen LogP contribution in [0.5, 0.6) is 0 Å². The number of pyridine rings is 1. The van der Waals surface area contributed by atoms with Crippen LogP contribution in [-0.2, 0) is 0 Å². The number of thiophene rings is 1. The fourth-order valence-corrected chi connectivity index (χ4v) is 7.39. The highest BCUT2D eigenvalue weighted by Crippen LogP contribution is 2.43. The van der Waals surface area contributed by atoms with E-state index in [1.165, 1.54) is 20.2 Å². The number of rotatable bonds is 5. The van der Waals surface area contributed by atoms with Crippen molar-refractivity contribution < 1.29 is 0 Å². The first kappa shape index (κ1) is 27.3. The van der Waals surface area contributed by atoms with E-state index < -0.39 is 0 Å². The third-order valence-electron chi connectivity index (χ3n) is 8.51. The van der Waals surface area contributed by atoms with E-state index in [0.717, 1.165) is 50.0 Å². The van der Waals surface area contributed by atoms with E-state index in [2.05, 4.69) is 91.0 Å². The Morgan fingerprint density at radius 3 is 1.77 bits per heavy atom. The largest absolute Gasteiger partial charge is 0.248 e. The summed E-state index contributed by atoms with van der Waals surface area (Å²) in [5.74, 6) is 1.94. The third-order valence-corrected chi connectivity index (χ3v) is 9.62.